The average molecular weight is 213 g/mol. The Balaban J connectivity index is 2.61. The maximum Gasteiger partial charge on any atom is 0.325 e. The SMILES string of the molecule is CC(C)CNC(C(=O)O)c1ccsc1. The molecule has 0 fully saturated rings. The Bertz CT molecular complexity index is 282. The topological polar surface area (TPSA) is 49.3 Å². The fraction of sp³-hybridized carbons (Fsp3) is 0.500. The summed E-state index contributed by atoms with van der Waals surface area (Å²) in [4.78, 5) is 11.0. The van der Waals surface area contributed by atoms with E-state index < -0.39 is 12.0 Å². The summed E-state index contributed by atoms with van der Waals surface area (Å²) in [5, 5.41) is 15.8. The van der Waals surface area contributed by atoms with Crippen molar-refractivity contribution in [1.82, 2.24) is 5.32 Å². The molecule has 0 bridgehead atoms. The molecule has 1 heterocycles. The lowest BCUT2D eigenvalue weighted by molar-refractivity contribution is -0.139. The molecule has 0 saturated carbocycles. The summed E-state index contributed by atoms with van der Waals surface area (Å²) in [6.07, 6.45) is 0. The van der Waals surface area contributed by atoms with Gasteiger partial charge in [-0.2, -0.15) is 11.3 Å². The fourth-order valence-corrected chi connectivity index (χ4v) is 1.83. The third-order valence-electron chi connectivity index (χ3n) is 1.85. The van der Waals surface area contributed by atoms with Crippen LogP contribution in [0, 0.1) is 5.92 Å². The van der Waals surface area contributed by atoms with Crippen LogP contribution in [-0.2, 0) is 4.79 Å². The number of carboxylic acid groups (broad SMARTS) is 1. The van der Waals surface area contributed by atoms with E-state index in [-0.39, 0.29) is 0 Å². The lowest BCUT2D eigenvalue weighted by Crippen LogP contribution is -2.30. The summed E-state index contributed by atoms with van der Waals surface area (Å²) in [6, 6.07) is 1.28. The summed E-state index contributed by atoms with van der Waals surface area (Å²) in [7, 11) is 0. The molecule has 4 heteroatoms. The van der Waals surface area contributed by atoms with E-state index in [0.29, 0.717) is 12.5 Å². The maximum absolute atomic E-state index is 11.0. The van der Waals surface area contributed by atoms with Crippen LogP contribution in [0.2, 0.25) is 0 Å². The molecule has 0 aliphatic heterocycles. The van der Waals surface area contributed by atoms with Crippen LogP contribution in [-0.4, -0.2) is 17.6 Å². The molecule has 0 aromatic carbocycles. The van der Waals surface area contributed by atoms with Crippen LogP contribution in [0.1, 0.15) is 25.5 Å². The first-order chi connectivity index (χ1) is 6.61. The number of thiophene rings is 1. The Morgan fingerprint density at radius 2 is 2.36 bits per heavy atom. The molecule has 1 atom stereocenters. The molecule has 2 N–H and O–H groups in total. The van der Waals surface area contributed by atoms with Gasteiger partial charge in [-0.1, -0.05) is 13.8 Å². The second-order valence-electron chi connectivity index (χ2n) is 3.63. The molecule has 0 aliphatic rings. The molecule has 1 aromatic heterocycles. The fourth-order valence-electron chi connectivity index (χ4n) is 1.14. The van der Waals surface area contributed by atoms with E-state index in [0.717, 1.165) is 5.56 Å². The quantitative estimate of drug-likeness (QED) is 0.787. The number of carbonyl (C=O) groups is 1. The van der Waals surface area contributed by atoms with Gasteiger partial charge in [0.1, 0.15) is 6.04 Å². The predicted molar refractivity (Wildman–Crippen MR) is 57.5 cm³/mol. The third-order valence-corrected chi connectivity index (χ3v) is 2.56. The summed E-state index contributed by atoms with van der Waals surface area (Å²) in [5.74, 6) is -0.362. The molecular formula is C10H15NO2S. The lowest BCUT2D eigenvalue weighted by Gasteiger charge is -2.14. The van der Waals surface area contributed by atoms with Crippen molar-refractivity contribution in [1.29, 1.82) is 0 Å². The summed E-state index contributed by atoms with van der Waals surface area (Å²) >= 11 is 1.52. The minimum Gasteiger partial charge on any atom is -0.480 e. The standard InChI is InChI=1S/C10H15NO2S/c1-7(2)5-11-9(10(12)13)8-3-4-14-6-8/h3-4,6-7,9,11H,5H2,1-2H3,(H,12,13). The van der Waals surface area contributed by atoms with Gasteiger partial charge in [0.25, 0.3) is 0 Å². The molecule has 0 aliphatic carbocycles. The Morgan fingerprint density at radius 1 is 1.64 bits per heavy atom. The van der Waals surface area contributed by atoms with Gasteiger partial charge >= 0.3 is 5.97 Å². The van der Waals surface area contributed by atoms with E-state index in [1.165, 1.54) is 11.3 Å². The Morgan fingerprint density at radius 3 is 2.79 bits per heavy atom. The number of rotatable bonds is 5. The van der Waals surface area contributed by atoms with E-state index >= 15 is 0 Å². The number of hydrogen-bond acceptors (Lipinski definition) is 3. The first-order valence-electron chi connectivity index (χ1n) is 4.59. The van der Waals surface area contributed by atoms with Crippen LogP contribution in [0.15, 0.2) is 16.8 Å². The zero-order chi connectivity index (χ0) is 10.6. The highest BCUT2D eigenvalue weighted by molar-refractivity contribution is 7.08. The predicted octanol–water partition coefficient (Wildman–Crippen LogP) is 2.12. The van der Waals surface area contributed by atoms with Crippen molar-refractivity contribution in [3.05, 3.63) is 22.4 Å². The van der Waals surface area contributed by atoms with Gasteiger partial charge in [0.05, 0.1) is 0 Å². The maximum atomic E-state index is 11.0. The monoisotopic (exact) mass is 213 g/mol. The molecule has 0 radical (unpaired) electrons. The van der Waals surface area contributed by atoms with Crippen molar-refractivity contribution in [3.63, 3.8) is 0 Å². The molecule has 0 spiro atoms. The summed E-state index contributed by atoms with van der Waals surface area (Å²) in [5.41, 5.74) is 0.836. The van der Waals surface area contributed by atoms with E-state index in [4.69, 9.17) is 5.11 Å². The molecule has 0 saturated heterocycles. The van der Waals surface area contributed by atoms with Crippen LogP contribution in [0.5, 0.6) is 0 Å². The van der Waals surface area contributed by atoms with Crippen LogP contribution < -0.4 is 5.32 Å². The highest BCUT2D eigenvalue weighted by atomic mass is 32.1. The van der Waals surface area contributed by atoms with E-state index in [2.05, 4.69) is 19.2 Å². The zero-order valence-corrected chi connectivity index (χ0v) is 9.17. The van der Waals surface area contributed by atoms with Crippen molar-refractivity contribution in [2.75, 3.05) is 6.54 Å². The average Bonchev–Trinajstić information content (AvgIpc) is 2.56. The van der Waals surface area contributed by atoms with E-state index in [1.807, 2.05) is 16.8 Å². The second kappa shape index (κ2) is 5.12. The molecule has 3 nitrogen and oxygen atoms in total. The molecular weight excluding hydrogens is 198 g/mol. The molecule has 1 rings (SSSR count). The van der Waals surface area contributed by atoms with Gasteiger partial charge in [-0.3, -0.25) is 4.79 Å². The smallest absolute Gasteiger partial charge is 0.325 e. The first-order valence-corrected chi connectivity index (χ1v) is 5.54. The van der Waals surface area contributed by atoms with Gasteiger partial charge < -0.3 is 10.4 Å². The van der Waals surface area contributed by atoms with Crippen molar-refractivity contribution >= 4 is 17.3 Å². The van der Waals surface area contributed by atoms with Crippen molar-refractivity contribution in [2.45, 2.75) is 19.9 Å². The van der Waals surface area contributed by atoms with Crippen LogP contribution in [0.4, 0.5) is 0 Å². The zero-order valence-electron chi connectivity index (χ0n) is 8.36. The number of nitrogens with one attached hydrogen (secondary N) is 1. The molecule has 0 amide bonds. The molecule has 1 unspecified atom stereocenters. The summed E-state index contributed by atoms with van der Waals surface area (Å²) in [6.45, 7) is 4.83. The molecule has 14 heavy (non-hydrogen) atoms. The third kappa shape index (κ3) is 3.12. The lowest BCUT2D eigenvalue weighted by atomic mass is 10.1. The van der Waals surface area contributed by atoms with Crippen LogP contribution in [0.25, 0.3) is 0 Å². The summed E-state index contributed by atoms with van der Waals surface area (Å²) < 4.78 is 0. The number of carboxylic acids is 1. The highest BCUT2D eigenvalue weighted by Crippen LogP contribution is 2.16. The first kappa shape index (κ1) is 11.2. The van der Waals surface area contributed by atoms with Crippen LogP contribution >= 0.6 is 11.3 Å². The number of hydrogen-bond donors (Lipinski definition) is 2. The molecule has 78 valence electrons. The van der Waals surface area contributed by atoms with E-state index in [1.54, 1.807) is 0 Å². The Labute approximate surface area is 87.8 Å². The normalized spacial score (nSPS) is 13.1. The van der Waals surface area contributed by atoms with Gasteiger partial charge in [-0.25, -0.2) is 0 Å². The van der Waals surface area contributed by atoms with Crippen LogP contribution in [0.3, 0.4) is 0 Å². The van der Waals surface area contributed by atoms with Gasteiger partial charge in [-0.05, 0) is 34.9 Å². The van der Waals surface area contributed by atoms with Gasteiger partial charge in [-0.15, -0.1) is 0 Å². The second-order valence-corrected chi connectivity index (χ2v) is 4.41. The van der Waals surface area contributed by atoms with Gasteiger partial charge in [0.2, 0.25) is 0 Å². The Hall–Kier alpha value is -0.870. The van der Waals surface area contributed by atoms with Gasteiger partial charge in [0.15, 0.2) is 0 Å². The minimum atomic E-state index is -0.816. The minimum absolute atomic E-state index is 0.454. The Kier molecular flexibility index (Phi) is 4.10. The van der Waals surface area contributed by atoms with Crippen molar-refractivity contribution in [2.24, 2.45) is 5.92 Å². The van der Waals surface area contributed by atoms with E-state index in [9.17, 15) is 4.79 Å². The number of aliphatic carboxylic acids is 1. The molecule has 1 aromatic rings. The largest absolute Gasteiger partial charge is 0.480 e. The van der Waals surface area contributed by atoms with Crippen molar-refractivity contribution < 1.29 is 9.90 Å². The van der Waals surface area contributed by atoms with Gasteiger partial charge in [0, 0.05) is 0 Å². The highest BCUT2D eigenvalue weighted by Gasteiger charge is 2.19. The van der Waals surface area contributed by atoms with Crippen molar-refractivity contribution in [3.8, 4) is 0 Å².